The minimum absolute atomic E-state index is 0.497. The summed E-state index contributed by atoms with van der Waals surface area (Å²) in [6, 6.07) is 13.2. The Balaban J connectivity index is 1.49. The highest BCUT2D eigenvalue weighted by atomic mass is 32.1. The second-order valence-electron chi connectivity index (χ2n) is 6.29. The molecule has 1 N–H and O–H groups in total. The maximum absolute atomic E-state index is 5.54. The fourth-order valence-corrected chi connectivity index (χ4v) is 5.09. The first-order valence-corrected chi connectivity index (χ1v) is 10.5. The average molecular weight is 389 g/mol. The molecule has 7 heteroatoms. The van der Waals surface area contributed by atoms with Gasteiger partial charge in [-0.3, -0.25) is 4.90 Å². The third-order valence-electron chi connectivity index (χ3n) is 4.46. The number of thiophene rings is 1. The monoisotopic (exact) mass is 388 g/mol. The molecular weight excluding hydrogens is 368 g/mol. The minimum Gasteiger partial charge on any atom is -0.330 e. The van der Waals surface area contributed by atoms with Gasteiger partial charge in [0.2, 0.25) is 5.13 Å². The zero-order valence-corrected chi connectivity index (χ0v) is 16.5. The van der Waals surface area contributed by atoms with Crippen LogP contribution in [0.2, 0.25) is 0 Å². The van der Waals surface area contributed by atoms with E-state index in [1.807, 2.05) is 16.0 Å². The first-order valence-electron chi connectivity index (χ1n) is 8.38. The third kappa shape index (κ3) is 3.84. The number of hydrogen-bond acceptors (Lipinski definition) is 6. The van der Waals surface area contributed by atoms with Crippen molar-refractivity contribution in [2.75, 3.05) is 11.9 Å². The molecule has 1 saturated heterocycles. The Labute approximate surface area is 160 Å². The lowest BCUT2D eigenvalue weighted by Crippen LogP contribution is -2.26. The molecule has 1 aromatic carbocycles. The highest BCUT2D eigenvalue weighted by molar-refractivity contribution is 7.73. The summed E-state index contributed by atoms with van der Waals surface area (Å²) < 4.78 is 2.76. The summed E-state index contributed by atoms with van der Waals surface area (Å²) in [5.41, 5.74) is 2.29. The van der Waals surface area contributed by atoms with Crippen LogP contribution in [0, 0.1) is 10.9 Å². The second kappa shape index (κ2) is 7.37. The molecule has 25 heavy (non-hydrogen) atoms. The van der Waals surface area contributed by atoms with E-state index in [1.54, 1.807) is 0 Å². The summed E-state index contributed by atoms with van der Waals surface area (Å²) in [4.78, 5) is 3.93. The van der Waals surface area contributed by atoms with Crippen LogP contribution in [-0.2, 0) is 6.67 Å². The van der Waals surface area contributed by atoms with Gasteiger partial charge in [-0.15, -0.1) is 16.4 Å². The molecular formula is C18H20N4S3. The fourth-order valence-electron chi connectivity index (χ4n) is 3.18. The molecule has 0 bridgehead atoms. The van der Waals surface area contributed by atoms with Gasteiger partial charge >= 0.3 is 0 Å². The van der Waals surface area contributed by atoms with Crippen molar-refractivity contribution in [3.05, 3.63) is 56.2 Å². The smallest absolute Gasteiger partial charge is 0.209 e. The molecule has 4 nitrogen and oxygen atoms in total. The molecule has 0 saturated carbocycles. The van der Waals surface area contributed by atoms with E-state index in [4.69, 9.17) is 12.2 Å². The van der Waals surface area contributed by atoms with Gasteiger partial charge in [0.15, 0.2) is 3.95 Å². The van der Waals surface area contributed by atoms with Crippen molar-refractivity contribution in [2.45, 2.75) is 32.5 Å². The van der Waals surface area contributed by atoms with Gasteiger partial charge in [0, 0.05) is 23.2 Å². The quantitative estimate of drug-likeness (QED) is 0.578. The van der Waals surface area contributed by atoms with E-state index in [0.29, 0.717) is 6.04 Å². The Morgan fingerprint density at radius 3 is 2.88 bits per heavy atom. The van der Waals surface area contributed by atoms with Crippen LogP contribution in [0.3, 0.4) is 0 Å². The van der Waals surface area contributed by atoms with Gasteiger partial charge in [0.1, 0.15) is 0 Å². The highest BCUT2D eigenvalue weighted by Crippen LogP contribution is 2.35. The summed E-state index contributed by atoms with van der Waals surface area (Å²) in [5.74, 6) is 0. The van der Waals surface area contributed by atoms with Crippen molar-refractivity contribution in [3.63, 3.8) is 0 Å². The molecule has 3 heterocycles. The number of nitrogens with zero attached hydrogens (tertiary/aromatic N) is 3. The Morgan fingerprint density at radius 2 is 2.12 bits per heavy atom. The standard InChI is InChI=1S/C18H20N4S3/c1-13-6-8-14(9-7-13)19-17-20-22(18(23)25-17)12-21-10-2-4-15(21)16-5-3-11-24-16/h3,5-9,11,15H,2,4,10,12H2,1H3,(H,19,20)/t15-/m0/s1. The van der Waals surface area contributed by atoms with Crippen LogP contribution in [0.1, 0.15) is 29.3 Å². The first-order chi connectivity index (χ1) is 12.2. The van der Waals surface area contributed by atoms with E-state index in [0.717, 1.165) is 28.0 Å². The SMILES string of the molecule is Cc1ccc(Nc2nn(CN3CCC[C@H]3c3cccs3)c(=S)s2)cc1. The van der Waals surface area contributed by atoms with E-state index >= 15 is 0 Å². The number of aryl methyl sites for hydroxylation is 1. The molecule has 2 aromatic heterocycles. The van der Waals surface area contributed by atoms with E-state index in [-0.39, 0.29) is 0 Å². The van der Waals surface area contributed by atoms with Crippen molar-refractivity contribution >= 4 is 45.7 Å². The Morgan fingerprint density at radius 1 is 1.28 bits per heavy atom. The third-order valence-corrected chi connectivity index (χ3v) is 6.66. The van der Waals surface area contributed by atoms with Crippen LogP contribution >= 0.6 is 34.9 Å². The lowest BCUT2D eigenvalue weighted by molar-refractivity contribution is 0.193. The molecule has 4 rings (SSSR count). The number of benzene rings is 1. The summed E-state index contributed by atoms with van der Waals surface area (Å²) >= 11 is 8.90. The predicted octanol–water partition coefficient (Wildman–Crippen LogP) is 5.58. The molecule has 0 radical (unpaired) electrons. The van der Waals surface area contributed by atoms with Gasteiger partial charge in [-0.2, -0.15) is 0 Å². The molecule has 1 fully saturated rings. The van der Waals surface area contributed by atoms with Crippen molar-refractivity contribution in [3.8, 4) is 0 Å². The lowest BCUT2D eigenvalue weighted by Gasteiger charge is -2.23. The van der Waals surface area contributed by atoms with Gasteiger partial charge in [0.25, 0.3) is 0 Å². The Bertz CT molecular complexity index is 880. The van der Waals surface area contributed by atoms with Crippen molar-refractivity contribution in [1.29, 1.82) is 0 Å². The number of rotatable bonds is 5. The summed E-state index contributed by atoms with van der Waals surface area (Å²) in [5, 5.41) is 11.1. The number of hydrogen-bond donors (Lipinski definition) is 1. The van der Waals surface area contributed by atoms with Crippen LogP contribution in [0.25, 0.3) is 0 Å². The lowest BCUT2D eigenvalue weighted by atomic mass is 10.2. The van der Waals surface area contributed by atoms with Crippen LogP contribution < -0.4 is 5.32 Å². The summed E-state index contributed by atoms with van der Waals surface area (Å²) in [7, 11) is 0. The zero-order chi connectivity index (χ0) is 17.2. The van der Waals surface area contributed by atoms with Gasteiger partial charge in [-0.05, 0) is 55.6 Å². The number of likely N-dealkylation sites (tertiary alicyclic amines) is 1. The maximum Gasteiger partial charge on any atom is 0.209 e. The molecule has 130 valence electrons. The Kier molecular flexibility index (Phi) is 4.98. The predicted molar refractivity (Wildman–Crippen MR) is 108 cm³/mol. The normalized spacial score (nSPS) is 17.9. The van der Waals surface area contributed by atoms with Crippen LogP contribution in [0.4, 0.5) is 10.8 Å². The average Bonchev–Trinajstić information content (AvgIpc) is 3.32. The van der Waals surface area contributed by atoms with Gasteiger partial charge in [-0.25, -0.2) is 4.68 Å². The van der Waals surface area contributed by atoms with E-state index < -0.39 is 0 Å². The largest absolute Gasteiger partial charge is 0.330 e. The molecule has 0 amide bonds. The number of anilines is 2. The second-order valence-corrected chi connectivity index (χ2v) is 8.89. The van der Waals surface area contributed by atoms with Crippen LogP contribution in [0.15, 0.2) is 41.8 Å². The van der Waals surface area contributed by atoms with E-state index in [2.05, 4.69) is 64.0 Å². The van der Waals surface area contributed by atoms with E-state index in [1.165, 1.54) is 34.6 Å². The fraction of sp³-hybridized carbons (Fsp3) is 0.333. The summed E-state index contributed by atoms with van der Waals surface area (Å²) in [6.07, 6.45) is 2.45. The van der Waals surface area contributed by atoms with Gasteiger partial charge < -0.3 is 5.32 Å². The number of aromatic nitrogens is 2. The summed E-state index contributed by atoms with van der Waals surface area (Å²) in [6.45, 7) is 3.94. The van der Waals surface area contributed by atoms with Crippen LogP contribution in [0.5, 0.6) is 0 Å². The molecule has 0 aliphatic carbocycles. The minimum atomic E-state index is 0.497. The highest BCUT2D eigenvalue weighted by Gasteiger charge is 2.27. The van der Waals surface area contributed by atoms with Crippen molar-refractivity contribution < 1.29 is 0 Å². The Hall–Kier alpha value is -1.54. The van der Waals surface area contributed by atoms with Crippen molar-refractivity contribution in [1.82, 2.24) is 14.7 Å². The van der Waals surface area contributed by atoms with Gasteiger partial charge in [-0.1, -0.05) is 35.1 Å². The molecule has 0 unspecified atom stereocenters. The maximum atomic E-state index is 5.54. The zero-order valence-electron chi connectivity index (χ0n) is 14.0. The molecule has 1 atom stereocenters. The molecule has 3 aromatic rings. The topological polar surface area (TPSA) is 33.1 Å². The first kappa shape index (κ1) is 16.9. The molecule has 1 aliphatic rings. The molecule has 0 spiro atoms. The molecule has 1 aliphatic heterocycles. The van der Waals surface area contributed by atoms with Gasteiger partial charge in [0.05, 0.1) is 6.67 Å². The van der Waals surface area contributed by atoms with E-state index in [9.17, 15) is 0 Å². The van der Waals surface area contributed by atoms with Crippen LogP contribution in [-0.4, -0.2) is 21.2 Å². The number of nitrogens with one attached hydrogen (secondary N) is 1. The van der Waals surface area contributed by atoms with Crippen molar-refractivity contribution in [2.24, 2.45) is 0 Å².